The number of hydrogen-bond acceptors (Lipinski definition) is 6. The maximum absolute atomic E-state index is 11.2. The maximum Gasteiger partial charge on any atom is 0.153 e. The third-order valence-electron chi connectivity index (χ3n) is 2.84. The minimum Gasteiger partial charge on any atom is -0.385 e. The molecule has 18 heavy (non-hydrogen) atoms. The molecule has 0 amide bonds. The lowest BCUT2D eigenvalue weighted by Crippen LogP contribution is -2.21. The SMILES string of the molecule is COCCCNc1cc(N2CCC(=O)C2)ncn1. The fourth-order valence-corrected chi connectivity index (χ4v) is 1.88. The van der Waals surface area contributed by atoms with Gasteiger partial charge in [0.2, 0.25) is 0 Å². The number of rotatable bonds is 6. The fraction of sp³-hybridized carbons (Fsp3) is 0.583. The summed E-state index contributed by atoms with van der Waals surface area (Å²) in [5.41, 5.74) is 0. The van der Waals surface area contributed by atoms with E-state index in [-0.39, 0.29) is 5.78 Å². The number of nitrogens with one attached hydrogen (secondary N) is 1. The Morgan fingerprint density at radius 3 is 3.11 bits per heavy atom. The summed E-state index contributed by atoms with van der Waals surface area (Å²) in [6.07, 6.45) is 3.06. The molecule has 0 bridgehead atoms. The van der Waals surface area contributed by atoms with Crippen molar-refractivity contribution in [2.24, 2.45) is 0 Å². The first-order valence-electron chi connectivity index (χ1n) is 6.11. The first-order valence-corrected chi connectivity index (χ1v) is 6.11. The van der Waals surface area contributed by atoms with E-state index in [9.17, 15) is 4.79 Å². The number of ether oxygens (including phenoxy) is 1. The van der Waals surface area contributed by atoms with Crippen LogP contribution in [0.3, 0.4) is 0 Å². The van der Waals surface area contributed by atoms with Crippen molar-refractivity contribution in [1.82, 2.24) is 9.97 Å². The van der Waals surface area contributed by atoms with Crippen LogP contribution in [0.15, 0.2) is 12.4 Å². The third kappa shape index (κ3) is 3.40. The number of methoxy groups -OCH3 is 1. The summed E-state index contributed by atoms with van der Waals surface area (Å²) < 4.78 is 4.98. The standard InChI is InChI=1S/C12H18N4O2/c1-18-6-2-4-13-11-7-12(15-9-14-11)16-5-3-10(17)8-16/h7,9H,2-6,8H2,1H3,(H,13,14,15). The number of hydrogen-bond donors (Lipinski definition) is 1. The normalized spacial score (nSPS) is 15.2. The van der Waals surface area contributed by atoms with Gasteiger partial charge >= 0.3 is 0 Å². The van der Waals surface area contributed by atoms with Gasteiger partial charge in [-0.15, -0.1) is 0 Å². The van der Waals surface area contributed by atoms with Crippen molar-refractivity contribution < 1.29 is 9.53 Å². The molecular weight excluding hydrogens is 232 g/mol. The second-order valence-corrected chi connectivity index (χ2v) is 4.24. The Labute approximate surface area is 106 Å². The number of ketones is 1. The monoisotopic (exact) mass is 250 g/mol. The molecule has 2 rings (SSSR count). The average Bonchev–Trinajstić information content (AvgIpc) is 2.82. The molecule has 0 unspecified atom stereocenters. The van der Waals surface area contributed by atoms with Gasteiger partial charge < -0.3 is 15.0 Å². The first kappa shape index (κ1) is 12.8. The molecule has 0 radical (unpaired) electrons. The zero-order valence-electron chi connectivity index (χ0n) is 10.6. The third-order valence-corrected chi connectivity index (χ3v) is 2.84. The topological polar surface area (TPSA) is 67.3 Å². The number of Topliss-reactive ketones (excluding diaryl/α,β-unsaturated/α-hetero) is 1. The van der Waals surface area contributed by atoms with Crippen molar-refractivity contribution in [3.05, 3.63) is 12.4 Å². The molecule has 0 spiro atoms. The van der Waals surface area contributed by atoms with E-state index < -0.39 is 0 Å². The van der Waals surface area contributed by atoms with E-state index in [2.05, 4.69) is 15.3 Å². The molecule has 1 aliphatic rings. The molecule has 0 saturated carbocycles. The van der Waals surface area contributed by atoms with Crippen LogP contribution in [0.25, 0.3) is 0 Å². The first-order chi connectivity index (χ1) is 8.79. The summed E-state index contributed by atoms with van der Waals surface area (Å²) in [4.78, 5) is 21.6. The Balaban J connectivity index is 1.90. The van der Waals surface area contributed by atoms with E-state index >= 15 is 0 Å². The predicted octanol–water partition coefficient (Wildman–Crippen LogP) is 0.704. The Hall–Kier alpha value is -1.69. The highest BCUT2D eigenvalue weighted by molar-refractivity contribution is 5.86. The molecule has 6 nitrogen and oxygen atoms in total. The van der Waals surface area contributed by atoms with Crippen molar-refractivity contribution in [2.75, 3.05) is 43.6 Å². The molecule has 1 saturated heterocycles. The van der Waals surface area contributed by atoms with Crippen LogP contribution in [-0.2, 0) is 9.53 Å². The molecule has 6 heteroatoms. The van der Waals surface area contributed by atoms with E-state index in [1.54, 1.807) is 7.11 Å². The summed E-state index contributed by atoms with van der Waals surface area (Å²) in [6, 6.07) is 1.88. The fourth-order valence-electron chi connectivity index (χ4n) is 1.88. The summed E-state index contributed by atoms with van der Waals surface area (Å²) in [5.74, 6) is 1.86. The van der Waals surface area contributed by atoms with Gasteiger partial charge in [-0.25, -0.2) is 9.97 Å². The lowest BCUT2D eigenvalue weighted by molar-refractivity contribution is -0.116. The van der Waals surface area contributed by atoms with E-state index in [0.29, 0.717) is 13.0 Å². The van der Waals surface area contributed by atoms with E-state index in [1.165, 1.54) is 6.33 Å². The zero-order chi connectivity index (χ0) is 12.8. The number of nitrogens with zero attached hydrogens (tertiary/aromatic N) is 3. The molecule has 1 aromatic rings. The number of carbonyl (C=O) groups excluding carboxylic acids is 1. The summed E-state index contributed by atoms with van der Waals surface area (Å²) in [6.45, 7) is 2.74. The highest BCUT2D eigenvalue weighted by Crippen LogP contribution is 2.17. The predicted molar refractivity (Wildman–Crippen MR) is 68.9 cm³/mol. The summed E-state index contributed by atoms with van der Waals surface area (Å²) in [7, 11) is 1.69. The van der Waals surface area contributed by atoms with Crippen molar-refractivity contribution in [3.8, 4) is 0 Å². The van der Waals surface area contributed by atoms with Gasteiger partial charge in [-0.3, -0.25) is 4.79 Å². The van der Waals surface area contributed by atoms with E-state index in [4.69, 9.17) is 4.74 Å². The molecule has 1 aromatic heterocycles. The number of anilines is 2. The molecular formula is C12H18N4O2. The van der Waals surface area contributed by atoms with Gasteiger partial charge in [0.25, 0.3) is 0 Å². The molecule has 0 aromatic carbocycles. The van der Waals surface area contributed by atoms with Gasteiger partial charge in [-0.05, 0) is 6.42 Å². The smallest absolute Gasteiger partial charge is 0.153 e. The van der Waals surface area contributed by atoms with Gasteiger partial charge in [0, 0.05) is 39.3 Å². The van der Waals surface area contributed by atoms with Crippen molar-refractivity contribution in [2.45, 2.75) is 12.8 Å². The lowest BCUT2D eigenvalue weighted by Gasteiger charge is -2.15. The summed E-state index contributed by atoms with van der Waals surface area (Å²) in [5, 5.41) is 3.21. The molecule has 1 aliphatic heterocycles. The van der Waals surface area contributed by atoms with Crippen LogP contribution in [0.2, 0.25) is 0 Å². The van der Waals surface area contributed by atoms with E-state index in [1.807, 2.05) is 11.0 Å². The maximum atomic E-state index is 11.2. The number of carbonyl (C=O) groups is 1. The zero-order valence-corrected chi connectivity index (χ0v) is 10.6. The largest absolute Gasteiger partial charge is 0.385 e. The van der Waals surface area contributed by atoms with Crippen LogP contribution >= 0.6 is 0 Å². The van der Waals surface area contributed by atoms with E-state index in [0.717, 1.165) is 37.8 Å². The Kier molecular flexibility index (Phi) is 4.46. The lowest BCUT2D eigenvalue weighted by atomic mass is 10.4. The minimum atomic E-state index is 0.267. The van der Waals surface area contributed by atoms with Crippen LogP contribution < -0.4 is 10.2 Å². The van der Waals surface area contributed by atoms with Gasteiger partial charge in [0.05, 0.1) is 6.54 Å². The van der Waals surface area contributed by atoms with Gasteiger partial charge in [-0.1, -0.05) is 0 Å². The van der Waals surface area contributed by atoms with Gasteiger partial charge in [0.1, 0.15) is 18.0 Å². The van der Waals surface area contributed by atoms with Crippen molar-refractivity contribution >= 4 is 17.4 Å². The van der Waals surface area contributed by atoms with Crippen LogP contribution in [0.5, 0.6) is 0 Å². The average molecular weight is 250 g/mol. The highest BCUT2D eigenvalue weighted by atomic mass is 16.5. The van der Waals surface area contributed by atoms with Crippen molar-refractivity contribution in [1.29, 1.82) is 0 Å². The number of aromatic nitrogens is 2. The highest BCUT2D eigenvalue weighted by Gasteiger charge is 2.20. The van der Waals surface area contributed by atoms with Crippen LogP contribution in [0.1, 0.15) is 12.8 Å². The molecule has 0 atom stereocenters. The van der Waals surface area contributed by atoms with Crippen LogP contribution in [0.4, 0.5) is 11.6 Å². The second kappa shape index (κ2) is 6.30. The summed E-state index contributed by atoms with van der Waals surface area (Å²) >= 11 is 0. The Morgan fingerprint density at radius 2 is 2.39 bits per heavy atom. The Bertz CT molecular complexity index is 411. The van der Waals surface area contributed by atoms with Crippen LogP contribution in [-0.4, -0.2) is 49.1 Å². The Morgan fingerprint density at radius 1 is 1.50 bits per heavy atom. The minimum absolute atomic E-state index is 0.267. The quantitative estimate of drug-likeness (QED) is 0.750. The molecule has 0 aliphatic carbocycles. The molecule has 1 fully saturated rings. The molecule has 98 valence electrons. The van der Waals surface area contributed by atoms with Crippen molar-refractivity contribution in [3.63, 3.8) is 0 Å². The second-order valence-electron chi connectivity index (χ2n) is 4.24. The van der Waals surface area contributed by atoms with Gasteiger partial charge in [0.15, 0.2) is 5.78 Å². The van der Waals surface area contributed by atoms with Gasteiger partial charge in [-0.2, -0.15) is 0 Å². The molecule has 1 N–H and O–H groups in total. The van der Waals surface area contributed by atoms with Crippen LogP contribution in [0, 0.1) is 0 Å². The molecule has 2 heterocycles.